The minimum Gasteiger partial charge on any atom is -0.496 e. The average Bonchev–Trinajstić information content (AvgIpc) is 2.96. The minimum atomic E-state index is -0.868. The number of carbonyl (C=O) groups is 2. The number of aliphatic carboxylic acids is 1. The summed E-state index contributed by atoms with van der Waals surface area (Å²) in [5.41, 5.74) is 3.36. The molecule has 1 aliphatic heterocycles. The molecule has 0 fully saturated rings. The Bertz CT molecular complexity index is 803. The maximum absolute atomic E-state index is 12.0. The number of methoxy groups -OCH3 is 1. The molecule has 1 N–H and O–H groups in total. The van der Waals surface area contributed by atoms with Gasteiger partial charge in [0.1, 0.15) is 12.4 Å². The van der Waals surface area contributed by atoms with Crippen LogP contribution >= 0.6 is 0 Å². The second-order valence-electron chi connectivity index (χ2n) is 5.77. The molecule has 2 rings (SSSR count). The van der Waals surface area contributed by atoms with Crippen LogP contribution in [-0.4, -0.2) is 30.2 Å². The summed E-state index contributed by atoms with van der Waals surface area (Å²) in [6, 6.07) is 0. The van der Waals surface area contributed by atoms with Crippen molar-refractivity contribution in [2.24, 2.45) is 4.99 Å². The molecule has 1 heterocycles. The van der Waals surface area contributed by atoms with E-state index in [0.717, 1.165) is 11.1 Å². The number of nitrogens with zero attached hydrogens (tertiary/aromatic N) is 1. The molecule has 0 saturated heterocycles. The first-order chi connectivity index (χ1) is 11.9. The lowest BCUT2D eigenvalue weighted by Crippen LogP contribution is -2.03. The number of cyclic esters (lactones) is 1. The van der Waals surface area contributed by atoms with Crippen LogP contribution in [0.2, 0.25) is 0 Å². The Kier molecular flexibility index (Phi) is 5.72. The number of isocyanates is 1. The maximum atomic E-state index is 12.0. The monoisotopic (exact) mass is 345 g/mol. The highest BCUT2D eigenvalue weighted by atomic mass is 16.5. The fourth-order valence-corrected chi connectivity index (χ4v) is 2.88. The van der Waals surface area contributed by atoms with Gasteiger partial charge in [-0.3, -0.25) is 4.79 Å². The van der Waals surface area contributed by atoms with Gasteiger partial charge in [-0.15, -0.1) is 0 Å². The molecule has 0 bridgehead atoms. The van der Waals surface area contributed by atoms with Crippen LogP contribution in [0.5, 0.6) is 5.75 Å². The Balaban J connectivity index is 2.52. The fourth-order valence-electron chi connectivity index (χ4n) is 2.88. The van der Waals surface area contributed by atoms with Crippen molar-refractivity contribution in [1.29, 1.82) is 0 Å². The Labute approximate surface area is 145 Å². The number of rotatable bonds is 7. The molecule has 7 nitrogen and oxygen atoms in total. The number of fused-ring (bicyclic) bond motifs is 1. The van der Waals surface area contributed by atoms with E-state index in [9.17, 15) is 14.4 Å². The van der Waals surface area contributed by atoms with Gasteiger partial charge >= 0.3 is 11.9 Å². The van der Waals surface area contributed by atoms with Crippen LogP contribution in [0.3, 0.4) is 0 Å². The fraction of sp³-hybridized carbons (Fsp3) is 0.389. The topological polar surface area (TPSA) is 102 Å². The van der Waals surface area contributed by atoms with Crippen molar-refractivity contribution in [3.8, 4) is 5.75 Å². The first kappa shape index (κ1) is 18.4. The van der Waals surface area contributed by atoms with Crippen molar-refractivity contribution in [2.75, 3.05) is 7.11 Å². The summed E-state index contributed by atoms with van der Waals surface area (Å²) in [5, 5.41) is 8.76. The predicted molar refractivity (Wildman–Crippen MR) is 89.0 cm³/mol. The highest BCUT2D eigenvalue weighted by Crippen LogP contribution is 2.42. The lowest BCUT2D eigenvalue weighted by atomic mass is 9.93. The molecular formula is C18H19NO6. The molecule has 0 radical (unpaired) electrons. The molecule has 0 atom stereocenters. The zero-order valence-electron chi connectivity index (χ0n) is 14.3. The number of benzene rings is 1. The largest absolute Gasteiger partial charge is 0.496 e. The summed E-state index contributed by atoms with van der Waals surface area (Å²) in [7, 11) is 1.51. The molecule has 1 aromatic rings. The van der Waals surface area contributed by atoms with E-state index in [1.165, 1.54) is 13.2 Å². The maximum Gasteiger partial charge on any atom is 0.341 e. The van der Waals surface area contributed by atoms with E-state index in [-0.39, 0.29) is 24.3 Å². The van der Waals surface area contributed by atoms with Gasteiger partial charge in [-0.25, -0.2) is 9.59 Å². The lowest BCUT2D eigenvalue weighted by Gasteiger charge is -2.16. The van der Waals surface area contributed by atoms with E-state index in [1.807, 2.05) is 19.9 Å². The third-order valence-electron chi connectivity index (χ3n) is 4.19. The predicted octanol–water partition coefficient (Wildman–Crippen LogP) is 2.99. The molecule has 0 amide bonds. The van der Waals surface area contributed by atoms with Crippen molar-refractivity contribution in [3.05, 3.63) is 33.9 Å². The van der Waals surface area contributed by atoms with E-state index < -0.39 is 11.9 Å². The molecule has 132 valence electrons. The summed E-state index contributed by atoms with van der Waals surface area (Å²) < 4.78 is 10.5. The Morgan fingerprint density at radius 3 is 2.76 bits per heavy atom. The van der Waals surface area contributed by atoms with Crippen molar-refractivity contribution in [3.63, 3.8) is 0 Å². The number of carboxylic acid groups (broad SMARTS) is 1. The second kappa shape index (κ2) is 7.77. The smallest absolute Gasteiger partial charge is 0.341 e. The third kappa shape index (κ3) is 3.78. The van der Waals surface area contributed by atoms with Gasteiger partial charge in [0.15, 0.2) is 0 Å². The van der Waals surface area contributed by atoms with Crippen molar-refractivity contribution < 1.29 is 29.0 Å². The average molecular weight is 345 g/mol. The molecule has 25 heavy (non-hydrogen) atoms. The first-order valence-corrected chi connectivity index (χ1v) is 7.75. The number of carboxylic acids is 1. The molecule has 7 heteroatoms. The van der Waals surface area contributed by atoms with Crippen LogP contribution in [0.15, 0.2) is 16.6 Å². The molecule has 0 spiro atoms. The van der Waals surface area contributed by atoms with Gasteiger partial charge in [-0.1, -0.05) is 11.6 Å². The highest BCUT2D eigenvalue weighted by molar-refractivity contribution is 6.01. The zero-order valence-corrected chi connectivity index (χ0v) is 14.3. The Morgan fingerprint density at radius 1 is 1.44 bits per heavy atom. The van der Waals surface area contributed by atoms with Gasteiger partial charge < -0.3 is 14.6 Å². The van der Waals surface area contributed by atoms with Crippen LogP contribution in [-0.2, 0) is 27.4 Å². The Morgan fingerprint density at radius 2 is 2.16 bits per heavy atom. The molecule has 0 unspecified atom stereocenters. The van der Waals surface area contributed by atoms with E-state index in [2.05, 4.69) is 4.99 Å². The summed E-state index contributed by atoms with van der Waals surface area (Å²) in [6.07, 6.45) is 4.12. The normalized spacial score (nSPS) is 13.1. The van der Waals surface area contributed by atoms with E-state index >= 15 is 0 Å². The highest BCUT2D eigenvalue weighted by Gasteiger charge is 2.32. The summed E-state index contributed by atoms with van der Waals surface area (Å²) in [4.78, 5) is 37.3. The van der Waals surface area contributed by atoms with Crippen LogP contribution in [0.4, 0.5) is 5.69 Å². The van der Waals surface area contributed by atoms with Gasteiger partial charge in [-0.05, 0) is 32.3 Å². The van der Waals surface area contributed by atoms with Gasteiger partial charge in [0.05, 0.1) is 18.4 Å². The van der Waals surface area contributed by atoms with Gasteiger partial charge in [-0.2, -0.15) is 4.99 Å². The molecule has 1 aromatic carbocycles. The van der Waals surface area contributed by atoms with Crippen LogP contribution in [0, 0.1) is 6.92 Å². The van der Waals surface area contributed by atoms with Crippen molar-refractivity contribution >= 4 is 23.7 Å². The summed E-state index contributed by atoms with van der Waals surface area (Å²) in [6.45, 7) is 3.76. The number of hydrogen-bond donors (Lipinski definition) is 1. The Hall–Kier alpha value is -2.92. The molecule has 1 aliphatic rings. The number of carbonyl (C=O) groups excluding carboxylic acids is 2. The van der Waals surface area contributed by atoms with Crippen LogP contribution in [0.1, 0.15) is 46.8 Å². The summed E-state index contributed by atoms with van der Waals surface area (Å²) in [5.74, 6) is -0.858. The molecule has 0 aromatic heterocycles. The molecule has 0 saturated carbocycles. The third-order valence-corrected chi connectivity index (χ3v) is 4.19. The van der Waals surface area contributed by atoms with E-state index in [4.69, 9.17) is 14.6 Å². The number of aliphatic imine (C=N–C) groups is 1. The number of esters is 1. The standard InChI is InChI=1S/C18H19NO6/c1-10(5-7-14(21)22)4-6-12-16(19-9-20)15-13(8-25-18(15)23)11(2)17(12)24-3/h4H,5-8H2,1-3H3,(H,21,22)/b10-4+. The molecule has 0 aliphatic carbocycles. The van der Waals surface area contributed by atoms with Crippen LogP contribution < -0.4 is 4.74 Å². The van der Waals surface area contributed by atoms with E-state index in [0.29, 0.717) is 29.7 Å². The second-order valence-corrected chi connectivity index (χ2v) is 5.77. The first-order valence-electron chi connectivity index (χ1n) is 7.75. The number of allylic oxidation sites excluding steroid dienone is 2. The minimum absolute atomic E-state index is 0.0361. The van der Waals surface area contributed by atoms with Crippen molar-refractivity contribution in [2.45, 2.75) is 39.7 Å². The van der Waals surface area contributed by atoms with Crippen molar-refractivity contribution in [1.82, 2.24) is 0 Å². The van der Waals surface area contributed by atoms with Gasteiger partial charge in [0.2, 0.25) is 6.08 Å². The zero-order chi connectivity index (χ0) is 18.6. The van der Waals surface area contributed by atoms with Gasteiger partial charge in [0, 0.05) is 17.5 Å². The van der Waals surface area contributed by atoms with Crippen LogP contribution in [0.25, 0.3) is 0 Å². The number of hydrogen-bond acceptors (Lipinski definition) is 6. The quantitative estimate of drug-likeness (QED) is 0.353. The SMILES string of the molecule is COc1c(C)c2c(c(N=C=O)c1C/C=C(\C)CCC(=O)O)C(=O)OC2. The lowest BCUT2D eigenvalue weighted by molar-refractivity contribution is -0.136. The number of ether oxygens (including phenoxy) is 2. The molecular weight excluding hydrogens is 326 g/mol. The van der Waals surface area contributed by atoms with Gasteiger partial charge in [0.25, 0.3) is 0 Å². The van der Waals surface area contributed by atoms with E-state index in [1.54, 1.807) is 0 Å². The summed E-state index contributed by atoms with van der Waals surface area (Å²) >= 11 is 0.